The number of esters is 1. The Morgan fingerprint density at radius 2 is 2.06 bits per heavy atom. The molecule has 1 rings (SSSR count). The zero-order valence-electron chi connectivity index (χ0n) is 10.7. The predicted molar refractivity (Wildman–Crippen MR) is 64.0 cm³/mol. The van der Waals surface area contributed by atoms with Crippen LogP contribution >= 0.6 is 0 Å². The molecule has 0 spiro atoms. The van der Waals surface area contributed by atoms with Crippen molar-refractivity contribution >= 4 is 5.97 Å². The van der Waals surface area contributed by atoms with Crippen molar-refractivity contribution in [2.24, 2.45) is 0 Å². The minimum atomic E-state index is -1.39. The molecule has 0 radical (unpaired) electrons. The molecule has 0 amide bonds. The van der Waals surface area contributed by atoms with Gasteiger partial charge >= 0.3 is 5.97 Å². The lowest BCUT2D eigenvalue weighted by Crippen LogP contribution is -2.48. The first-order chi connectivity index (χ1) is 8.47. The highest BCUT2D eigenvalue weighted by Gasteiger charge is 2.38. The van der Waals surface area contributed by atoms with Crippen LogP contribution in [0.25, 0.3) is 0 Å². The van der Waals surface area contributed by atoms with E-state index in [2.05, 4.69) is 5.32 Å². The highest BCUT2D eigenvalue weighted by molar-refractivity contribution is 5.82. The first-order valence-electron chi connectivity index (χ1n) is 5.84. The van der Waals surface area contributed by atoms with Crippen LogP contribution in [-0.4, -0.2) is 19.1 Å². The van der Waals surface area contributed by atoms with Crippen LogP contribution in [0, 0.1) is 11.6 Å². The monoisotopic (exact) mass is 257 g/mol. The summed E-state index contributed by atoms with van der Waals surface area (Å²) in [4.78, 5) is 11.9. The van der Waals surface area contributed by atoms with Gasteiger partial charge in [-0.3, -0.25) is 5.32 Å². The van der Waals surface area contributed by atoms with E-state index in [0.717, 1.165) is 6.07 Å². The molecular weight excluding hydrogens is 240 g/mol. The van der Waals surface area contributed by atoms with Gasteiger partial charge in [0, 0.05) is 5.56 Å². The van der Waals surface area contributed by atoms with E-state index in [4.69, 9.17) is 4.74 Å². The molecule has 100 valence electrons. The summed E-state index contributed by atoms with van der Waals surface area (Å²) < 4.78 is 32.0. The van der Waals surface area contributed by atoms with Crippen LogP contribution in [0.5, 0.6) is 0 Å². The smallest absolute Gasteiger partial charge is 0.330 e. The Hall–Kier alpha value is -1.49. The summed E-state index contributed by atoms with van der Waals surface area (Å²) >= 11 is 0. The van der Waals surface area contributed by atoms with Gasteiger partial charge in [0.1, 0.15) is 5.54 Å². The Bertz CT molecular complexity index is 437. The number of carbonyl (C=O) groups excluding carboxylic acids is 1. The fourth-order valence-electron chi connectivity index (χ4n) is 1.80. The van der Waals surface area contributed by atoms with Gasteiger partial charge in [-0.15, -0.1) is 0 Å². The van der Waals surface area contributed by atoms with E-state index in [-0.39, 0.29) is 12.2 Å². The maximum absolute atomic E-state index is 13.8. The van der Waals surface area contributed by atoms with E-state index >= 15 is 0 Å². The van der Waals surface area contributed by atoms with E-state index < -0.39 is 23.1 Å². The summed E-state index contributed by atoms with van der Waals surface area (Å²) in [6.07, 6.45) is 0. The van der Waals surface area contributed by atoms with Crippen molar-refractivity contribution in [3.63, 3.8) is 0 Å². The summed E-state index contributed by atoms with van der Waals surface area (Å²) in [5.41, 5.74) is -1.44. The van der Waals surface area contributed by atoms with Gasteiger partial charge in [0.05, 0.1) is 6.61 Å². The number of hydrogen-bond acceptors (Lipinski definition) is 3. The minimum Gasteiger partial charge on any atom is -0.464 e. The molecule has 1 unspecified atom stereocenters. The molecule has 3 nitrogen and oxygen atoms in total. The Labute approximate surface area is 105 Å². The Morgan fingerprint density at radius 3 is 2.61 bits per heavy atom. The van der Waals surface area contributed by atoms with Gasteiger partial charge < -0.3 is 4.74 Å². The fourth-order valence-corrected chi connectivity index (χ4v) is 1.80. The standard InChI is InChI=1S/C13H17F2NO2/c1-4-16-13(3,12(17)18-5-2)9-7-6-8-10(14)11(9)15/h6-8,16H,4-5H2,1-3H3. The van der Waals surface area contributed by atoms with Gasteiger partial charge in [-0.05, 0) is 26.5 Å². The van der Waals surface area contributed by atoms with E-state index in [1.807, 2.05) is 0 Å². The molecular formula is C13H17F2NO2. The number of halogens is 2. The molecule has 0 fully saturated rings. The van der Waals surface area contributed by atoms with Gasteiger partial charge in [-0.2, -0.15) is 0 Å². The third-order valence-corrected chi connectivity index (χ3v) is 2.70. The van der Waals surface area contributed by atoms with Gasteiger partial charge in [0.2, 0.25) is 0 Å². The van der Waals surface area contributed by atoms with Gasteiger partial charge in [-0.1, -0.05) is 19.1 Å². The van der Waals surface area contributed by atoms with Gasteiger partial charge in [0.15, 0.2) is 11.6 Å². The topological polar surface area (TPSA) is 38.3 Å². The zero-order chi connectivity index (χ0) is 13.8. The third kappa shape index (κ3) is 2.67. The molecule has 1 aromatic carbocycles. The maximum atomic E-state index is 13.8. The van der Waals surface area contributed by atoms with Crippen LogP contribution in [0.2, 0.25) is 0 Å². The number of carbonyl (C=O) groups is 1. The summed E-state index contributed by atoms with van der Waals surface area (Å²) in [5, 5.41) is 2.85. The molecule has 0 aliphatic carbocycles. The van der Waals surface area contributed by atoms with Crippen molar-refractivity contribution in [2.45, 2.75) is 26.3 Å². The lowest BCUT2D eigenvalue weighted by Gasteiger charge is -2.28. The Morgan fingerprint density at radius 1 is 1.39 bits per heavy atom. The van der Waals surface area contributed by atoms with Crippen molar-refractivity contribution in [1.82, 2.24) is 5.32 Å². The Kier molecular flexibility index (Phi) is 4.78. The molecule has 0 heterocycles. The van der Waals surface area contributed by atoms with E-state index in [1.165, 1.54) is 19.1 Å². The van der Waals surface area contributed by atoms with Crippen molar-refractivity contribution in [2.75, 3.05) is 13.2 Å². The summed E-state index contributed by atoms with van der Waals surface area (Å²) in [7, 11) is 0. The predicted octanol–water partition coefficient (Wildman–Crippen LogP) is 2.35. The third-order valence-electron chi connectivity index (χ3n) is 2.70. The molecule has 0 saturated heterocycles. The number of benzene rings is 1. The number of rotatable bonds is 5. The largest absolute Gasteiger partial charge is 0.464 e. The normalized spacial score (nSPS) is 14.1. The molecule has 18 heavy (non-hydrogen) atoms. The average molecular weight is 257 g/mol. The lowest BCUT2D eigenvalue weighted by atomic mass is 9.91. The first-order valence-corrected chi connectivity index (χ1v) is 5.84. The first kappa shape index (κ1) is 14.6. The van der Waals surface area contributed by atoms with E-state index in [9.17, 15) is 13.6 Å². The molecule has 0 bridgehead atoms. The highest BCUT2D eigenvalue weighted by Crippen LogP contribution is 2.26. The molecule has 1 aromatic rings. The van der Waals surface area contributed by atoms with Crippen LogP contribution < -0.4 is 5.32 Å². The zero-order valence-corrected chi connectivity index (χ0v) is 10.7. The number of likely N-dealkylation sites (N-methyl/N-ethyl adjacent to an activating group) is 1. The summed E-state index contributed by atoms with van der Waals surface area (Å²) in [5.74, 6) is -2.65. The molecule has 1 atom stereocenters. The van der Waals surface area contributed by atoms with Crippen molar-refractivity contribution in [3.05, 3.63) is 35.4 Å². The van der Waals surface area contributed by atoms with Crippen molar-refractivity contribution in [1.29, 1.82) is 0 Å². The summed E-state index contributed by atoms with van der Waals surface area (Å²) in [6.45, 7) is 5.51. The van der Waals surface area contributed by atoms with Crippen molar-refractivity contribution in [3.8, 4) is 0 Å². The molecule has 1 N–H and O–H groups in total. The van der Waals surface area contributed by atoms with Crippen molar-refractivity contribution < 1.29 is 18.3 Å². The van der Waals surface area contributed by atoms with Crippen LogP contribution in [0.4, 0.5) is 8.78 Å². The minimum absolute atomic E-state index is 0.0530. The maximum Gasteiger partial charge on any atom is 0.330 e. The molecule has 0 aliphatic heterocycles. The lowest BCUT2D eigenvalue weighted by molar-refractivity contribution is -0.151. The molecule has 0 aromatic heterocycles. The van der Waals surface area contributed by atoms with Crippen LogP contribution in [-0.2, 0) is 15.1 Å². The quantitative estimate of drug-likeness (QED) is 0.823. The highest BCUT2D eigenvalue weighted by atomic mass is 19.2. The number of ether oxygens (including phenoxy) is 1. The van der Waals surface area contributed by atoms with Crippen LogP contribution in [0.15, 0.2) is 18.2 Å². The van der Waals surface area contributed by atoms with E-state index in [1.54, 1.807) is 13.8 Å². The van der Waals surface area contributed by atoms with Gasteiger partial charge in [-0.25, -0.2) is 13.6 Å². The molecule has 0 aliphatic rings. The van der Waals surface area contributed by atoms with E-state index in [0.29, 0.717) is 6.54 Å². The summed E-state index contributed by atoms with van der Waals surface area (Å²) in [6, 6.07) is 3.75. The molecule has 5 heteroatoms. The molecule has 0 saturated carbocycles. The fraction of sp³-hybridized carbons (Fsp3) is 0.462. The number of hydrogen-bond donors (Lipinski definition) is 1. The Balaban J connectivity index is 3.26. The second kappa shape index (κ2) is 5.91. The average Bonchev–Trinajstić information content (AvgIpc) is 2.33. The SMILES string of the molecule is CCNC(C)(C(=O)OCC)c1cccc(F)c1F. The van der Waals surface area contributed by atoms with Gasteiger partial charge in [0.25, 0.3) is 0 Å². The van der Waals surface area contributed by atoms with Crippen LogP contribution in [0.3, 0.4) is 0 Å². The van der Waals surface area contributed by atoms with Crippen LogP contribution in [0.1, 0.15) is 26.3 Å². The number of nitrogens with one attached hydrogen (secondary N) is 1. The second-order valence-corrected chi connectivity index (χ2v) is 3.98. The second-order valence-electron chi connectivity index (χ2n) is 3.98.